The number of benzene rings is 2. The highest BCUT2D eigenvalue weighted by Crippen LogP contribution is 2.29. The van der Waals surface area contributed by atoms with Gasteiger partial charge in [-0.2, -0.15) is 4.39 Å². The molecule has 1 atom stereocenters. The molecule has 0 radical (unpaired) electrons. The van der Waals surface area contributed by atoms with Crippen LogP contribution in [0.4, 0.5) is 8.78 Å². The van der Waals surface area contributed by atoms with Gasteiger partial charge >= 0.3 is 0 Å². The predicted octanol–water partition coefficient (Wildman–Crippen LogP) is 3.08. The van der Waals surface area contributed by atoms with Crippen LogP contribution in [0.2, 0.25) is 0 Å². The highest BCUT2D eigenvalue weighted by molar-refractivity contribution is 5.98. The van der Waals surface area contributed by atoms with Gasteiger partial charge in [-0.3, -0.25) is 9.59 Å². The number of carbonyl (C=O) groups is 2. The summed E-state index contributed by atoms with van der Waals surface area (Å²) < 4.78 is 26.9. The van der Waals surface area contributed by atoms with Crippen molar-refractivity contribution in [3.8, 4) is 16.9 Å². The topological polar surface area (TPSA) is 69.6 Å². The second-order valence-corrected chi connectivity index (χ2v) is 6.42. The first-order valence-electron chi connectivity index (χ1n) is 8.79. The quantitative estimate of drug-likeness (QED) is 0.864. The van der Waals surface area contributed by atoms with Crippen LogP contribution in [-0.2, 0) is 4.79 Å². The molecule has 5 nitrogen and oxygen atoms in total. The van der Waals surface area contributed by atoms with Gasteiger partial charge in [0.2, 0.25) is 5.91 Å². The van der Waals surface area contributed by atoms with Crippen LogP contribution in [0, 0.1) is 11.6 Å². The number of nitrogens with one attached hydrogen (secondary N) is 1. The molecule has 2 N–H and O–H groups in total. The molecule has 1 heterocycles. The van der Waals surface area contributed by atoms with E-state index in [-0.39, 0.29) is 17.4 Å². The lowest BCUT2D eigenvalue weighted by Crippen LogP contribution is -2.45. The molecular weight excluding hydrogens is 354 g/mol. The third kappa shape index (κ3) is 3.77. The number of halogens is 2. The molecule has 0 unspecified atom stereocenters. The van der Waals surface area contributed by atoms with Gasteiger partial charge < -0.3 is 15.3 Å². The van der Waals surface area contributed by atoms with Crippen molar-refractivity contribution >= 4 is 11.8 Å². The zero-order chi connectivity index (χ0) is 19.6. The van der Waals surface area contributed by atoms with Gasteiger partial charge in [-0.05, 0) is 55.2 Å². The third-order valence-corrected chi connectivity index (χ3v) is 4.62. The molecule has 2 aromatic rings. The van der Waals surface area contributed by atoms with Crippen LogP contribution in [0.3, 0.4) is 0 Å². The highest BCUT2D eigenvalue weighted by Gasteiger charge is 2.34. The first-order valence-corrected chi connectivity index (χ1v) is 8.79. The van der Waals surface area contributed by atoms with E-state index in [0.29, 0.717) is 30.6 Å². The van der Waals surface area contributed by atoms with E-state index in [4.69, 9.17) is 0 Å². The Balaban J connectivity index is 1.89. The first kappa shape index (κ1) is 18.8. The second-order valence-electron chi connectivity index (χ2n) is 6.42. The number of phenolic OH excluding ortho intramolecular Hbond substituents is 1. The molecule has 1 fully saturated rings. The van der Waals surface area contributed by atoms with Gasteiger partial charge in [0.25, 0.3) is 5.91 Å². The van der Waals surface area contributed by atoms with Crippen LogP contribution >= 0.6 is 0 Å². The van der Waals surface area contributed by atoms with Crippen molar-refractivity contribution in [1.29, 1.82) is 0 Å². The summed E-state index contributed by atoms with van der Waals surface area (Å²) in [6.07, 6.45) is 1.35. The van der Waals surface area contributed by atoms with Gasteiger partial charge in [0, 0.05) is 18.7 Å². The molecule has 7 heteroatoms. The smallest absolute Gasteiger partial charge is 0.254 e. The van der Waals surface area contributed by atoms with E-state index >= 15 is 0 Å². The summed E-state index contributed by atoms with van der Waals surface area (Å²) in [7, 11) is 0. The fourth-order valence-electron chi connectivity index (χ4n) is 3.31. The molecule has 2 aromatic carbocycles. The predicted molar refractivity (Wildman–Crippen MR) is 96.2 cm³/mol. The van der Waals surface area contributed by atoms with E-state index < -0.39 is 23.4 Å². The van der Waals surface area contributed by atoms with Gasteiger partial charge in [0.15, 0.2) is 17.4 Å². The lowest BCUT2D eigenvalue weighted by molar-refractivity contribution is -0.124. The van der Waals surface area contributed by atoms with E-state index in [9.17, 15) is 23.5 Å². The number of nitrogens with zero attached hydrogens (tertiary/aromatic N) is 1. The molecule has 1 aliphatic heterocycles. The summed E-state index contributed by atoms with van der Waals surface area (Å²) in [5.41, 5.74) is 1.06. The average molecular weight is 374 g/mol. The number of likely N-dealkylation sites (N-methyl/N-ethyl adjacent to an activating group) is 1. The van der Waals surface area contributed by atoms with Crippen LogP contribution in [0.5, 0.6) is 5.75 Å². The van der Waals surface area contributed by atoms with E-state index in [0.717, 1.165) is 18.6 Å². The number of hydrogen-bond acceptors (Lipinski definition) is 3. The summed E-state index contributed by atoms with van der Waals surface area (Å²) in [6, 6.07) is 7.97. The summed E-state index contributed by atoms with van der Waals surface area (Å²) in [6.45, 7) is 2.79. The van der Waals surface area contributed by atoms with Crippen LogP contribution in [-0.4, -0.2) is 41.0 Å². The second kappa shape index (κ2) is 7.73. The number of hydrogen-bond donors (Lipinski definition) is 2. The lowest BCUT2D eigenvalue weighted by atomic mass is 10.0. The fraction of sp³-hybridized carbons (Fsp3) is 0.300. The van der Waals surface area contributed by atoms with Crippen molar-refractivity contribution in [2.24, 2.45) is 0 Å². The molecule has 0 bridgehead atoms. The SMILES string of the molecule is CCNC(=O)[C@@H]1CCCN1C(=O)c1cccc(-c2cc(O)c(F)c(F)c2)c1. The zero-order valence-electron chi connectivity index (χ0n) is 14.8. The highest BCUT2D eigenvalue weighted by atomic mass is 19.2. The van der Waals surface area contributed by atoms with E-state index in [1.54, 1.807) is 24.3 Å². The molecule has 0 aliphatic carbocycles. The molecule has 3 rings (SSSR count). The summed E-state index contributed by atoms with van der Waals surface area (Å²) >= 11 is 0. The minimum atomic E-state index is -1.31. The van der Waals surface area contributed by atoms with Crippen molar-refractivity contribution in [2.75, 3.05) is 13.1 Å². The Morgan fingerprint density at radius 2 is 2.00 bits per heavy atom. The zero-order valence-corrected chi connectivity index (χ0v) is 14.8. The molecular formula is C20H20F2N2O3. The summed E-state index contributed by atoms with van der Waals surface area (Å²) in [5, 5.41) is 12.2. The standard InChI is InChI=1S/C20H20F2N2O3/c1-2-23-19(26)16-7-4-8-24(16)20(27)13-6-3-5-12(9-13)14-10-15(21)18(22)17(25)11-14/h3,5-6,9-11,16,25H,2,4,7-8H2,1H3,(H,23,26)/t16-/m0/s1. The third-order valence-electron chi connectivity index (χ3n) is 4.62. The average Bonchev–Trinajstić information content (AvgIpc) is 3.15. The van der Waals surface area contributed by atoms with Crippen molar-refractivity contribution in [2.45, 2.75) is 25.8 Å². The van der Waals surface area contributed by atoms with Gasteiger partial charge in [0.05, 0.1) is 0 Å². The summed E-state index contributed by atoms with van der Waals surface area (Å²) in [5.74, 6) is -3.74. The Hall–Kier alpha value is -2.96. The van der Waals surface area contributed by atoms with Gasteiger partial charge in [-0.1, -0.05) is 12.1 Å². The monoisotopic (exact) mass is 374 g/mol. The molecule has 0 aromatic heterocycles. The normalized spacial score (nSPS) is 16.4. The number of aromatic hydroxyl groups is 1. The molecule has 2 amide bonds. The van der Waals surface area contributed by atoms with Crippen LogP contribution in [0.1, 0.15) is 30.1 Å². The number of phenols is 1. The first-order chi connectivity index (χ1) is 12.9. The van der Waals surface area contributed by atoms with Crippen LogP contribution in [0.25, 0.3) is 11.1 Å². The minimum absolute atomic E-state index is 0.176. The Morgan fingerprint density at radius 1 is 1.22 bits per heavy atom. The van der Waals surface area contributed by atoms with Crippen molar-refractivity contribution in [3.63, 3.8) is 0 Å². The maximum Gasteiger partial charge on any atom is 0.254 e. The van der Waals surface area contributed by atoms with E-state index in [2.05, 4.69) is 5.32 Å². The largest absolute Gasteiger partial charge is 0.505 e. The number of rotatable bonds is 4. The van der Waals surface area contributed by atoms with Gasteiger partial charge in [0.1, 0.15) is 6.04 Å². The fourth-order valence-corrected chi connectivity index (χ4v) is 3.31. The van der Waals surface area contributed by atoms with Crippen molar-refractivity contribution in [1.82, 2.24) is 10.2 Å². The number of carbonyl (C=O) groups excluding carboxylic acids is 2. The molecule has 142 valence electrons. The van der Waals surface area contributed by atoms with Crippen molar-refractivity contribution in [3.05, 3.63) is 53.6 Å². The van der Waals surface area contributed by atoms with Gasteiger partial charge in [-0.25, -0.2) is 4.39 Å². The maximum atomic E-state index is 13.6. The molecule has 1 aliphatic rings. The Kier molecular flexibility index (Phi) is 5.39. The lowest BCUT2D eigenvalue weighted by Gasteiger charge is -2.24. The van der Waals surface area contributed by atoms with Crippen LogP contribution < -0.4 is 5.32 Å². The number of amides is 2. The maximum absolute atomic E-state index is 13.6. The Bertz CT molecular complexity index is 862. The van der Waals surface area contributed by atoms with E-state index in [1.807, 2.05) is 6.92 Å². The molecule has 0 saturated carbocycles. The molecule has 0 spiro atoms. The van der Waals surface area contributed by atoms with E-state index in [1.165, 1.54) is 4.90 Å². The van der Waals surface area contributed by atoms with Crippen molar-refractivity contribution < 1.29 is 23.5 Å². The summed E-state index contributed by atoms with van der Waals surface area (Å²) in [4.78, 5) is 26.6. The number of likely N-dealkylation sites (tertiary alicyclic amines) is 1. The minimum Gasteiger partial charge on any atom is -0.505 e. The van der Waals surface area contributed by atoms with Gasteiger partial charge in [-0.15, -0.1) is 0 Å². The Labute approximate surface area is 155 Å². The molecule has 27 heavy (non-hydrogen) atoms. The molecule has 1 saturated heterocycles. The van der Waals surface area contributed by atoms with Crippen LogP contribution in [0.15, 0.2) is 36.4 Å². The Morgan fingerprint density at radius 3 is 2.70 bits per heavy atom.